The second-order valence-electron chi connectivity index (χ2n) is 2.25. The summed E-state index contributed by atoms with van der Waals surface area (Å²) in [6, 6.07) is 1.88. The Balaban J connectivity index is 2.14. The number of aryl methyl sites for hydroxylation is 1. The number of nitrogens with one attached hydrogen (secondary N) is 1. The van der Waals surface area contributed by atoms with Crippen LogP contribution in [0.25, 0.3) is 0 Å². The molecule has 2 aromatic heterocycles. The zero-order chi connectivity index (χ0) is 8.39. The van der Waals surface area contributed by atoms with Crippen LogP contribution in [0.5, 0.6) is 0 Å². The smallest absolute Gasteiger partial charge is 0.207 e. The Morgan fingerprint density at radius 3 is 3.08 bits per heavy atom. The van der Waals surface area contributed by atoms with Gasteiger partial charge in [-0.1, -0.05) is 0 Å². The molecule has 1 N–H and O–H groups in total. The van der Waals surface area contributed by atoms with E-state index in [1.807, 2.05) is 19.3 Å². The first-order chi connectivity index (χ1) is 5.84. The molecule has 0 atom stereocenters. The molecule has 0 aliphatic carbocycles. The van der Waals surface area contributed by atoms with Crippen LogP contribution in [0.1, 0.15) is 0 Å². The van der Waals surface area contributed by atoms with Crippen molar-refractivity contribution >= 4 is 22.5 Å². The normalized spacial score (nSPS) is 10.1. The Bertz CT molecular complexity index is 352. The Labute approximate surface area is 73.2 Å². The van der Waals surface area contributed by atoms with Crippen LogP contribution in [0.4, 0.5) is 10.9 Å². The van der Waals surface area contributed by atoms with E-state index >= 15 is 0 Å². The quantitative estimate of drug-likeness (QED) is 0.751. The number of hydrogen-bond acceptors (Lipinski definition) is 5. The first-order valence-corrected chi connectivity index (χ1v) is 4.15. The average molecular weight is 181 g/mol. The molecule has 0 aliphatic heterocycles. The van der Waals surface area contributed by atoms with Crippen molar-refractivity contribution < 1.29 is 0 Å². The summed E-state index contributed by atoms with van der Waals surface area (Å²) in [6.45, 7) is 0. The molecule has 0 spiro atoms. The molecule has 2 heterocycles. The molecule has 62 valence electrons. The fraction of sp³-hybridized carbons (Fsp3) is 0.167. The van der Waals surface area contributed by atoms with E-state index in [0.717, 1.165) is 10.9 Å². The van der Waals surface area contributed by atoms with Crippen molar-refractivity contribution in [2.45, 2.75) is 0 Å². The maximum Gasteiger partial charge on any atom is 0.207 e. The largest absolute Gasteiger partial charge is 0.313 e. The maximum absolute atomic E-state index is 4.13. The summed E-state index contributed by atoms with van der Waals surface area (Å²) < 4.78 is 5.58. The lowest BCUT2D eigenvalue weighted by atomic mass is 10.6. The van der Waals surface area contributed by atoms with E-state index in [1.54, 1.807) is 4.68 Å². The van der Waals surface area contributed by atoms with Gasteiger partial charge in [-0.15, -0.1) is 0 Å². The molecular weight excluding hydrogens is 174 g/mol. The van der Waals surface area contributed by atoms with Crippen molar-refractivity contribution in [3.63, 3.8) is 0 Å². The van der Waals surface area contributed by atoms with Gasteiger partial charge in [-0.25, -0.2) is 4.98 Å². The molecular formula is C6H7N5S. The summed E-state index contributed by atoms with van der Waals surface area (Å²) in [5.74, 6) is 0.786. The number of anilines is 2. The topological polar surface area (TPSA) is 55.6 Å². The Morgan fingerprint density at radius 2 is 2.50 bits per heavy atom. The monoisotopic (exact) mass is 181 g/mol. The Morgan fingerprint density at radius 1 is 1.58 bits per heavy atom. The molecule has 0 aromatic carbocycles. The summed E-state index contributed by atoms with van der Waals surface area (Å²) in [7, 11) is 1.87. The zero-order valence-corrected chi connectivity index (χ0v) is 7.25. The third kappa shape index (κ3) is 1.42. The van der Waals surface area contributed by atoms with Gasteiger partial charge in [0.25, 0.3) is 0 Å². The van der Waals surface area contributed by atoms with E-state index in [4.69, 9.17) is 0 Å². The lowest BCUT2D eigenvalue weighted by Crippen LogP contribution is -1.92. The van der Waals surface area contributed by atoms with Gasteiger partial charge in [-0.2, -0.15) is 9.47 Å². The predicted molar refractivity (Wildman–Crippen MR) is 46.4 cm³/mol. The van der Waals surface area contributed by atoms with Crippen LogP contribution in [-0.4, -0.2) is 19.1 Å². The van der Waals surface area contributed by atoms with Gasteiger partial charge in [-0.3, -0.25) is 4.68 Å². The zero-order valence-electron chi connectivity index (χ0n) is 6.43. The van der Waals surface area contributed by atoms with Gasteiger partial charge >= 0.3 is 0 Å². The Hall–Kier alpha value is -1.43. The fourth-order valence-electron chi connectivity index (χ4n) is 0.819. The second-order valence-corrected chi connectivity index (χ2v) is 3.03. The summed E-state index contributed by atoms with van der Waals surface area (Å²) in [5, 5.41) is 7.91. The van der Waals surface area contributed by atoms with E-state index in [1.165, 1.54) is 17.9 Å². The molecule has 5 nitrogen and oxygen atoms in total. The van der Waals surface area contributed by atoms with Gasteiger partial charge in [0, 0.05) is 30.8 Å². The molecule has 0 saturated carbocycles. The number of nitrogens with zero attached hydrogens (tertiary/aromatic N) is 4. The second kappa shape index (κ2) is 2.90. The molecule has 0 bridgehead atoms. The Kier molecular flexibility index (Phi) is 1.75. The molecule has 12 heavy (non-hydrogen) atoms. The van der Waals surface area contributed by atoms with Crippen molar-refractivity contribution in [2.75, 3.05) is 5.32 Å². The van der Waals surface area contributed by atoms with E-state index < -0.39 is 0 Å². The highest BCUT2D eigenvalue weighted by atomic mass is 32.1. The minimum Gasteiger partial charge on any atom is -0.313 e. The van der Waals surface area contributed by atoms with Gasteiger partial charge < -0.3 is 5.32 Å². The van der Waals surface area contributed by atoms with Gasteiger partial charge in [-0.05, 0) is 0 Å². The highest BCUT2D eigenvalue weighted by molar-refractivity contribution is 7.09. The van der Waals surface area contributed by atoms with Crippen LogP contribution in [0, 0.1) is 0 Å². The van der Waals surface area contributed by atoms with E-state index in [9.17, 15) is 0 Å². The summed E-state index contributed by atoms with van der Waals surface area (Å²) in [6.07, 6.45) is 3.37. The van der Waals surface area contributed by atoms with E-state index in [0.29, 0.717) is 0 Å². The van der Waals surface area contributed by atoms with Crippen molar-refractivity contribution in [3.8, 4) is 0 Å². The number of hydrogen-bond donors (Lipinski definition) is 1. The summed E-state index contributed by atoms with van der Waals surface area (Å²) >= 11 is 1.31. The highest BCUT2D eigenvalue weighted by Crippen LogP contribution is 2.13. The lowest BCUT2D eigenvalue weighted by molar-refractivity contribution is 0.771. The van der Waals surface area contributed by atoms with Crippen molar-refractivity contribution in [3.05, 3.63) is 18.6 Å². The van der Waals surface area contributed by atoms with Crippen molar-refractivity contribution in [2.24, 2.45) is 7.05 Å². The summed E-state index contributed by atoms with van der Waals surface area (Å²) in [5.41, 5.74) is 0. The number of aromatic nitrogens is 4. The SMILES string of the molecule is Cn1ccc(Nc2ncns2)n1. The molecule has 2 aromatic rings. The third-order valence-electron chi connectivity index (χ3n) is 1.31. The maximum atomic E-state index is 4.13. The first-order valence-electron chi connectivity index (χ1n) is 3.38. The van der Waals surface area contributed by atoms with Gasteiger partial charge in [0.05, 0.1) is 0 Å². The van der Waals surface area contributed by atoms with Crippen LogP contribution in [0.2, 0.25) is 0 Å². The van der Waals surface area contributed by atoms with Gasteiger partial charge in [0.2, 0.25) is 5.13 Å². The predicted octanol–water partition coefficient (Wildman–Crippen LogP) is 1.02. The highest BCUT2D eigenvalue weighted by Gasteiger charge is 1.98. The molecule has 6 heteroatoms. The minimum atomic E-state index is 0.758. The van der Waals surface area contributed by atoms with Crippen LogP contribution in [0.3, 0.4) is 0 Å². The van der Waals surface area contributed by atoms with Gasteiger partial charge in [0.15, 0.2) is 5.82 Å². The minimum absolute atomic E-state index is 0.758. The first kappa shape index (κ1) is 7.23. The van der Waals surface area contributed by atoms with E-state index in [2.05, 4.69) is 19.8 Å². The molecule has 0 saturated heterocycles. The van der Waals surface area contributed by atoms with Crippen molar-refractivity contribution in [1.82, 2.24) is 19.1 Å². The van der Waals surface area contributed by atoms with Crippen LogP contribution >= 0.6 is 11.5 Å². The van der Waals surface area contributed by atoms with Crippen molar-refractivity contribution in [1.29, 1.82) is 0 Å². The number of rotatable bonds is 2. The standard InChI is InChI=1S/C6H7N5S/c1-11-3-2-5(10-11)9-6-7-4-8-12-6/h2-4H,1H3,(H,7,8,9,10). The molecule has 0 fully saturated rings. The molecule has 0 radical (unpaired) electrons. The molecule has 0 amide bonds. The lowest BCUT2D eigenvalue weighted by Gasteiger charge is -1.93. The molecule has 0 aliphatic rings. The molecule has 0 unspecified atom stereocenters. The average Bonchev–Trinajstić information content (AvgIpc) is 2.63. The van der Waals surface area contributed by atoms with Crippen LogP contribution < -0.4 is 5.32 Å². The van der Waals surface area contributed by atoms with Crippen LogP contribution in [-0.2, 0) is 7.05 Å². The summed E-state index contributed by atoms with van der Waals surface area (Å²) in [4.78, 5) is 3.97. The molecule has 2 rings (SSSR count). The van der Waals surface area contributed by atoms with E-state index in [-0.39, 0.29) is 0 Å². The fourth-order valence-corrected chi connectivity index (χ4v) is 1.26. The van der Waals surface area contributed by atoms with Gasteiger partial charge in [0.1, 0.15) is 6.33 Å². The third-order valence-corrected chi connectivity index (χ3v) is 1.89. The van der Waals surface area contributed by atoms with Crippen LogP contribution in [0.15, 0.2) is 18.6 Å².